The van der Waals surface area contributed by atoms with Crippen molar-refractivity contribution in [3.63, 3.8) is 0 Å². The molecule has 0 radical (unpaired) electrons. The van der Waals surface area contributed by atoms with Gasteiger partial charge in [0.1, 0.15) is 11.6 Å². The Hall–Kier alpha value is -1.23. The molecule has 3 nitrogen and oxygen atoms in total. The minimum absolute atomic E-state index is 0.0951. The highest BCUT2D eigenvalue weighted by atomic mass is 32.2. The third-order valence-corrected chi connectivity index (χ3v) is 2.94. The molecular formula is C9H10FNO2S. The Labute approximate surface area is 83.8 Å². The summed E-state index contributed by atoms with van der Waals surface area (Å²) in [5.41, 5.74) is 0. The first-order valence-corrected chi connectivity index (χ1v) is 5.30. The molecule has 0 heterocycles. The van der Waals surface area contributed by atoms with Gasteiger partial charge in [0.2, 0.25) is 5.91 Å². The molecule has 76 valence electrons. The van der Waals surface area contributed by atoms with Crippen molar-refractivity contribution in [2.45, 2.75) is 4.90 Å². The van der Waals surface area contributed by atoms with Crippen molar-refractivity contribution in [1.82, 2.24) is 5.32 Å². The first-order chi connectivity index (χ1) is 6.63. The highest BCUT2D eigenvalue weighted by Crippen LogP contribution is 2.07. The van der Waals surface area contributed by atoms with Gasteiger partial charge in [-0.25, -0.2) is 4.39 Å². The molecule has 0 spiro atoms. The van der Waals surface area contributed by atoms with E-state index in [0.29, 0.717) is 4.90 Å². The summed E-state index contributed by atoms with van der Waals surface area (Å²) in [5.74, 6) is -0.777. The number of nitrogens with one attached hydrogen (secondary N) is 1. The summed E-state index contributed by atoms with van der Waals surface area (Å²) in [5, 5.41) is 2.37. The van der Waals surface area contributed by atoms with E-state index in [-0.39, 0.29) is 17.5 Å². The molecule has 0 aliphatic rings. The number of carbonyl (C=O) groups is 1. The van der Waals surface area contributed by atoms with E-state index in [4.69, 9.17) is 0 Å². The van der Waals surface area contributed by atoms with E-state index in [0.717, 1.165) is 0 Å². The largest absolute Gasteiger partial charge is 0.358 e. The number of benzene rings is 1. The smallest absolute Gasteiger partial charge is 0.232 e. The maximum atomic E-state index is 12.5. The zero-order chi connectivity index (χ0) is 10.6. The van der Waals surface area contributed by atoms with Gasteiger partial charge >= 0.3 is 0 Å². The Kier molecular flexibility index (Phi) is 3.76. The number of hydrogen-bond acceptors (Lipinski definition) is 2. The van der Waals surface area contributed by atoms with Gasteiger partial charge in [0, 0.05) is 11.9 Å². The lowest BCUT2D eigenvalue weighted by molar-refractivity contribution is -0.118. The molecule has 0 bridgehead atoms. The van der Waals surface area contributed by atoms with E-state index in [9.17, 15) is 13.4 Å². The number of amides is 1. The van der Waals surface area contributed by atoms with Crippen LogP contribution in [-0.4, -0.2) is 22.9 Å². The van der Waals surface area contributed by atoms with Crippen molar-refractivity contribution in [3.8, 4) is 0 Å². The Balaban J connectivity index is 2.70. The predicted octanol–water partition coefficient (Wildman–Crippen LogP) is 0.679. The van der Waals surface area contributed by atoms with E-state index in [1.165, 1.54) is 31.3 Å². The lowest BCUT2D eigenvalue weighted by Gasteiger charge is -2.00. The van der Waals surface area contributed by atoms with Crippen molar-refractivity contribution < 1.29 is 13.4 Å². The summed E-state index contributed by atoms with van der Waals surface area (Å²) in [7, 11) is 0.0760. The third-order valence-electron chi connectivity index (χ3n) is 1.62. The molecule has 1 amide bonds. The van der Waals surface area contributed by atoms with Crippen molar-refractivity contribution in [3.05, 3.63) is 30.1 Å². The average Bonchev–Trinajstić information content (AvgIpc) is 2.18. The van der Waals surface area contributed by atoms with Gasteiger partial charge in [0.05, 0.1) is 10.8 Å². The minimum atomic E-state index is -1.40. The van der Waals surface area contributed by atoms with E-state index in [2.05, 4.69) is 5.32 Å². The summed E-state index contributed by atoms with van der Waals surface area (Å²) in [6.07, 6.45) is 0. The van der Waals surface area contributed by atoms with E-state index < -0.39 is 10.8 Å². The van der Waals surface area contributed by atoms with Crippen LogP contribution in [0.15, 0.2) is 29.2 Å². The second kappa shape index (κ2) is 4.85. The highest BCUT2D eigenvalue weighted by molar-refractivity contribution is 7.85. The van der Waals surface area contributed by atoms with E-state index >= 15 is 0 Å². The van der Waals surface area contributed by atoms with Crippen LogP contribution < -0.4 is 5.32 Å². The van der Waals surface area contributed by atoms with E-state index in [1.807, 2.05) is 0 Å². The maximum Gasteiger partial charge on any atom is 0.232 e. The summed E-state index contributed by atoms with van der Waals surface area (Å²) < 4.78 is 24.0. The monoisotopic (exact) mass is 215 g/mol. The molecule has 1 aromatic carbocycles. The molecule has 0 saturated heterocycles. The minimum Gasteiger partial charge on any atom is -0.358 e. The van der Waals surface area contributed by atoms with Gasteiger partial charge in [-0.05, 0) is 24.3 Å². The molecule has 0 fully saturated rings. The van der Waals surface area contributed by atoms with Crippen LogP contribution in [0.5, 0.6) is 0 Å². The molecule has 1 N–H and O–H groups in total. The van der Waals surface area contributed by atoms with Gasteiger partial charge in [-0.15, -0.1) is 0 Å². The predicted molar refractivity (Wildman–Crippen MR) is 51.7 cm³/mol. The van der Waals surface area contributed by atoms with Gasteiger partial charge in [0.15, 0.2) is 0 Å². The van der Waals surface area contributed by atoms with Gasteiger partial charge in [-0.2, -0.15) is 0 Å². The van der Waals surface area contributed by atoms with Gasteiger partial charge in [0.25, 0.3) is 0 Å². The van der Waals surface area contributed by atoms with Crippen LogP contribution in [0.4, 0.5) is 4.39 Å². The molecule has 5 heteroatoms. The first-order valence-electron chi connectivity index (χ1n) is 3.98. The molecule has 1 aromatic rings. The molecule has 1 atom stereocenters. The fraction of sp³-hybridized carbons (Fsp3) is 0.222. The zero-order valence-electron chi connectivity index (χ0n) is 7.62. The number of rotatable bonds is 3. The van der Waals surface area contributed by atoms with Crippen LogP contribution in [0, 0.1) is 5.82 Å². The molecule has 1 rings (SSSR count). The molecule has 0 saturated carbocycles. The summed E-state index contributed by atoms with van der Waals surface area (Å²) in [6.45, 7) is 0. The molecule has 14 heavy (non-hydrogen) atoms. The summed E-state index contributed by atoms with van der Waals surface area (Å²) in [4.78, 5) is 11.3. The average molecular weight is 215 g/mol. The Morgan fingerprint density at radius 1 is 1.43 bits per heavy atom. The van der Waals surface area contributed by atoms with E-state index in [1.54, 1.807) is 0 Å². The number of carbonyl (C=O) groups excluding carboxylic acids is 1. The number of hydrogen-bond donors (Lipinski definition) is 1. The van der Waals surface area contributed by atoms with Crippen molar-refractivity contribution in [1.29, 1.82) is 0 Å². The standard InChI is InChI=1S/C9H10FNO2S/c1-11-9(12)6-14(13)8-4-2-7(10)3-5-8/h2-5H,6H2,1H3,(H,11,12). The van der Waals surface area contributed by atoms with Crippen molar-refractivity contribution in [2.24, 2.45) is 0 Å². The fourth-order valence-electron chi connectivity index (χ4n) is 0.861. The molecule has 1 unspecified atom stereocenters. The second-order valence-electron chi connectivity index (χ2n) is 2.62. The van der Waals surface area contributed by atoms with Crippen molar-refractivity contribution in [2.75, 3.05) is 12.8 Å². The summed E-state index contributed by atoms with van der Waals surface area (Å²) >= 11 is 0. The van der Waals surface area contributed by atoms with Crippen LogP contribution in [0.2, 0.25) is 0 Å². The maximum absolute atomic E-state index is 12.5. The quantitative estimate of drug-likeness (QED) is 0.806. The third kappa shape index (κ3) is 2.92. The molecule has 0 aliphatic carbocycles. The molecular weight excluding hydrogens is 205 g/mol. The highest BCUT2D eigenvalue weighted by Gasteiger charge is 2.08. The first kappa shape index (κ1) is 10.8. The van der Waals surface area contributed by atoms with Gasteiger partial charge < -0.3 is 5.32 Å². The van der Waals surface area contributed by atoms with Crippen LogP contribution in [0.1, 0.15) is 0 Å². The second-order valence-corrected chi connectivity index (χ2v) is 4.07. The van der Waals surface area contributed by atoms with Crippen molar-refractivity contribution >= 4 is 16.7 Å². The topological polar surface area (TPSA) is 46.2 Å². The lowest BCUT2D eigenvalue weighted by Crippen LogP contribution is -2.24. The fourth-order valence-corrected chi connectivity index (χ4v) is 1.85. The number of halogens is 1. The SMILES string of the molecule is CNC(=O)CS(=O)c1ccc(F)cc1. The van der Waals surface area contributed by atoms with Crippen LogP contribution >= 0.6 is 0 Å². The normalized spacial score (nSPS) is 12.1. The van der Waals surface area contributed by atoms with Crippen LogP contribution in [0.25, 0.3) is 0 Å². The van der Waals surface area contributed by atoms with Crippen LogP contribution in [0.3, 0.4) is 0 Å². The molecule has 0 aliphatic heterocycles. The summed E-state index contributed by atoms with van der Waals surface area (Å²) in [6, 6.07) is 5.26. The Morgan fingerprint density at radius 3 is 2.50 bits per heavy atom. The Bertz CT molecular complexity index is 350. The van der Waals surface area contributed by atoms with Crippen LogP contribution in [-0.2, 0) is 15.6 Å². The zero-order valence-corrected chi connectivity index (χ0v) is 8.44. The Morgan fingerprint density at radius 2 is 2.00 bits per heavy atom. The van der Waals surface area contributed by atoms with Gasteiger partial charge in [-0.1, -0.05) is 0 Å². The molecule has 0 aromatic heterocycles. The van der Waals surface area contributed by atoms with Gasteiger partial charge in [-0.3, -0.25) is 9.00 Å². The lowest BCUT2D eigenvalue weighted by atomic mass is 10.4.